The molecule has 2 saturated carbocycles. The quantitative estimate of drug-likeness (QED) is 0.842. The number of aromatic nitrogens is 1. The maximum atomic E-state index is 13.2. The van der Waals surface area contributed by atoms with Gasteiger partial charge in [-0.05, 0) is 36.3 Å². The second-order valence-corrected chi connectivity index (χ2v) is 7.53. The smallest absolute Gasteiger partial charge is 0.251 e. The monoisotopic (exact) mass is 349 g/mol. The van der Waals surface area contributed by atoms with Crippen molar-refractivity contribution in [3.05, 3.63) is 34.6 Å². The van der Waals surface area contributed by atoms with E-state index in [0.29, 0.717) is 18.0 Å². The Morgan fingerprint density at radius 3 is 2.36 bits per heavy atom. The first-order valence-electron chi connectivity index (χ1n) is 8.48. The highest BCUT2D eigenvalue weighted by Gasteiger charge is 2.61. The van der Waals surface area contributed by atoms with Crippen LogP contribution in [0.2, 0.25) is 0 Å². The van der Waals surface area contributed by atoms with Gasteiger partial charge in [-0.25, -0.2) is 8.78 Å². The van der Waals surface area contributed by atoms with Gasteiger partial charge >= 0.3 is 0 Å². The molecule has 0 amide bonds. The molecule has 134 valence electrons. The van der Waals surface area contributed by atoms with Crippen molar-refractivity contribution in [3.8, 4) is 11.5 Å². The molecule has 25 heavy (non-hydrogen) atoms. The van der Waals surface area contributed by atoms with Crippen molar-refractivity contribution in [2.24, 2.45) is 11.3 Å². The normalized spacial score (nSPS) is 21.0. The second kappa shape index (κ2) is 5.44. The molecule has 1 spiro atoms. The molecule has 0 saturated heterocycles. The number of rotatable bonds is 4. The number of hydrogen-bond donors (Lipinski definition) is 0. The van der Waals surface area contributed by atoms with E-state index < -0.39 is 5.92 Å². The van der Waals surface area contributed by atoms with Gasteiger partial charge in [0.2, 0.25) is 5.92 Å². The van der Waals surface area contributed by atoms with E-state index in [9.17, 15) is 13.6 Å². The van der Waals surface area contributed by atoms with Crippen molar-refractivity contribution in [1.82, 2.24) is 4.57 Å². The van der Waals surface area contributed by atoms with Crippen LogP contribution in [0.15, 0.2) is 29.1 Å². The van der Waals surface area contributed by atoms with Crippen molar-refractivity contribution in [3.63, 3.8) is 0 Å². The highest BCUT2D eigenvalue weighted by atomic mass is 19.3. The minimum atomic E-state index is -2.48. The van der Waals surface area contributed by atoms with E-state index in [1.54, 1.807) is 30.9 Å². The van der Waals surface area contributed by atoms with E-state index in [0.717, 1.165) is 23.7 Å². The first-order valence-corrected chi connectivity index (χ1v) is 8.48. The maximum absolute atomic E-state index is 13.2. The van der Waals surface area contributed by atoms with Gasteiger partial charge in [-0.1, -0.05) is 0 Å². The molecule has 1 aromatic heterocycles. The number of alkyl halides is 2. The molecule has 0 unspecified atom stereocenters. The standard InChI is InChI=1S/C19H21F2NO3/c1-24-15-5-13-3-4-17(23)22(14(13)6-16(15)25-2)9-12-7-18(8-12)10-19(20,21)11-18/h3-6,12H,7-11H2,1-2H3. The predicted octanol–water partition coefficient (Wildman–Crippen LogP) is 3.84. The fourth-order valence-electron chi connectivity index (χ4n) is 4.70. The van der Waals surface area contributed by atoms with Gasteiger partial charge in [-0.3, -0.25) is 4.79 Å². The zero-order valence-electron chi connectivity index (χ0n) is 14.4. The van der Waals surface area contributed by atoms with Gasteiger partial charge < -0.3 is 14.0 Å². The number of ether oxygens (including phenoxy) is 2. The number of benzene rings is 1. The van der Waals surface area contributed by atoms with E-state index >= 15 is 0 Å². The van der Waals surface area contributed by atoms with Gasteiger partial charge in [0.1, 0.15) is 0 Å². The molecule has 4 nitrogen and oxygen atoms in total. The summed E-state index contributed by atoms with van der Waals surface area (Å²) < 4.78 is 38.7. The summed E-state index contributed by atoms with van der Waals surface area (Å²) in [6.45, 7) is 0.555. The molecule has 0 aliphatic heterocycles. The third kappa shape index (κ3) is 2.68. The van der Waals surface area contributed by atoms with Gasteiger partial charge in [0.25, 0.3) is 5.56 Å². The first kappa shape index (κ1) is 16.4. The Kier molecular flexibility index (Phi) is 3.56. The van der Waals surface area contributed by atoms with E-state index in [1.807, 2.05) is 12.1 Å². The molecule has 1 heterocycles. The fourth-order valence-corrected chi connectivity index (χ4v) is 4.70. The van der Waals surface area contributed by atoms with Gasteiger partial charge in [-0.2, -0.15) is 0 Å². The summed E-state index contributed by atoms with van der Waals surface area (Å²) in [4.78, 5) is 12.4. The fraction of sp³-hybridized carbons (Fsp3) is 0.526. The molecular formula is C19H21F2NO3. The summed E-state index contributed by atoms with van der Waals surface area (Å²) in [5, 5.41) is 0.890. The summed E-state index contributed by atoms with van der Waals surface area (Å²) in [7, 11) is 3.13. The Morgan fingerprint density at radius 1 is 1.12 bits per heavy atom. The summed E-state index contributed by atoms with van der Waals surface area (Å²) in [5.41, 5.74) is 0.521. The molecule has 1 aromatic carbocycles. The van der Waals surface area contributed by atoms with Crippen LogP contribution in [0.25, 0.3) is 10.9 Å². The molecule has 2 aliphatic carbocycles. The van der Waals surface area contributed by atoms with E-state index in [4.69, 9.17) is 9.47 Å². The largest absolute Gasteiger partial charge is 0.493 e. The number of hydrogen-bond acceptors (Lipinski definition) is 3. The molecule has 2 aliphatic rings. The van der Waals surface area contributed by atoms with Crippen LogP contribution in [-0.4, -0.2) is 24.7 Å². The van der Waals surface area contributed by atoms with Gasteiger partial charge in [0, 0.05) is 36.9 Å². The minimum absolute atomic E-state index is 0.00591. The van der Waals surface area contributed by atoms with E-state index in [1.165, 1.54) is 0 Å². The van der Waals surface area contributed by atoms with Crippen LogP contribution in [0.5, 0.6) is 11.5 Å². The van der Waals surface area contributed by atoms with E-state index in [-0.39, 0.29) is 29.7 Å². The van der Waals surface area contributed by atoms with Crippen LogP contribution in [0.4, 0.5) is 8.78 Å². The Labute approximate surface area is 144 Å². The van der Waals surface area contributed by atoms with Crippen molar-refractivity contribution >= 4 is 10.9 Å². The summed E-state index contributed by atoms with van der Waals surface area (Å²) in [6.07, 6.45) is 1.56. The summed E-state index contributed by atoms with van der Waals surface area (Å²) in [5.74, 6) is -1.03. The summed E-state index contributed by atoms with van der Waals surface area (Å²) in [6, 6.07) is 6.96. The first-order chi connectivity index (χ1) is 11.8. The number of methoxy groups -OCH3 is 2. The second-order valence-electron chi connectivity index (χ2n) is 7.53. The average Bonchev–Trinajstić information content (AvgIpc) is 2.52. The van der Waals surface area contributed by atoms with Gasteiger partial charge in [-0.15, -0.1) is 0 Å². The molecule has 0 N–H and O–H groups in total. The third-order valence-electron chi connectivity index (χ3n) is 5.65. The van der Waals surface area contributed by atoms with Crippen molar-refractivity contribution < 1.29 is 18.3 Å². The van der Waals surface area contributed by atoms with Crippen LogP contribution in [0.1, 0.15) is 25.7 Å². The third-order valence-corrected chi connectivity index (χ3v) is 5.65. The molecule has 2 fully saturated rings. The van der Waals surface area contributed by atoms with Crippen LogP contribution in [-0.2, 0) is 6.54 Å². The van der Waals surface area contributed by atoms with Crippen LogP contribution in [0, 0.1) is 11.3 Å². The lowest BCUT2D eigenvalue weighted by Crippen LogP contribution is -2.54. The lowest BCUT2D eigenvalue weighted by Gasteiger charge is -2.57. The molecule has 2 aromatic rings. The zero-order chi connectivity index (χ0) is 17.8. The Morgan fingerprint density at radius 2 is 1.76 bits per heavy atom. The number of fused-ring (bicyclic) bond motifs is 1. The topological polar surface area (TPSA) is 40.5 Å². The Balaban J connectivity index is 1.61. The molecule has 4 rings (SSSR count). The average molecular weight is 349 g/mol. The number of halogens is 2. The highest BCUT2D eigenvalue weighted by molar-refractivity contribution is 5.83. The summed E-state index contributed by atoms with van der Waals surface area (Å²) >= 11 is 0. The van der Waals surface area contributed by atoms with Gasteiger partial charge in [0.15, 0.2) is 11.5 Å². The van der Waals surface area contributed by atoms with Crippen LogP contribution in [0.3, 0.4) is 0 Å². The lowest BCUT2D eigenvalue weighted by atomic mass is 9.50. The predicted molar refractivity (Wildman–Crippen MR) is 90.7 cm³/mol. The molecule has 6 heteroatoms. The van der Waals surface area contributed by atoms with Crippen molar-refractivity contribution in [1.29, 1.82) is 0 Å². The Hall–Kier alpha value is -2.11. The molecule has 0 bridgehead atoms. The van der Waals surface area contributed by atoms with Crippen LogP contribution >= 0.6 is 0 Å². The lowest BCUT2D eigenvalue weighted by molar-refractivity contribution is -0.208. The Bertz CT molecular complexity index is 874. The number of pyridine rings is 1. The van der Waals surface area contributed by atoms with Crippen LogP contribution < -0.4 is 15.0 Å². The van der Waals surface area contributed by atoms with Crippen molar-refractivity contribution in [2.45, 2.75) is 38.2 Å². The maximum Gasteiger partial charge on any atom is 0.251 e. The van der Waals surface area contributed by atoms with Gasteiger partial charge in [0.05, 0.1) is 19.7 Å². The molecular weight excluding hydrogens is 328 g/mol. The van der Waals surface area contributed by atoms with E-state index in [2.05, 4.69) is 0 Å². The highest BCUT2D eigenvalue weighted by Crippen LogP contribution is 2.64. The molecule has 0 atom stereocenters. The number of nitrogens with zero attached hydrogens (tertiary/aromatic N) is 1. The van der Waals surface area contributed by atoms with Crippen molar-refractivity contribution in [2.75, 3.05) is 14.2 Å². The minimum Gasteiger partial charge on any atom is -0.493 e. The zero-order valence-corrected chi connectivity index (χ0v) is 14.4. The molecule has 0 radical (unpaired) electrons. The SMILES string of the molecule is COc1cc2ccc(=O)n(CC3CC4(C3)CC(F)(F)C4)c2cc1OC.